The molecule has 0 heterocycles. The van der Waals surface area contributed by atoms with Gasteiger partial charge >= 0.3 is 0 Å². The van der Waals surface area contributed by atoms with E-state index in [2.05, 4.69) is 10.6 Å². The maximum atomic E-state index is 13.7. The average Bonchev–Trinajstić information content (AvgIpc) is 2.74. The number of aliphatic hydroxyl groups is 1. The number of hydrogen-bond acceptors (Lipinski definition) is 4. The van der Waals surface area contributed by atoms with Crippen molar-refractivity contribution in [2.75, 3.05) is 17.2 Å². The zero-order chi connectivity index (χ0) is 20.8. The van der Waals surface area contributed by atoms with Crippen LogP contribution in [0.15, 0.2) is 72.8 Å². The highest BCUT2D eigenvalue weighted by atomic mass is 19.1. The summed E-state index contributed by atoms with van der Waals surface area (Å²) in [7, 11) is 0. The van der Waals surface area contributed by atoms with E-state index in [0.717, 1.165) is 12.1 Å². The van der Waals surface area contributed by atoms with Gasteiger partial charge in [-0.1, -0.05) is 30.3 Å². The van der Waals surface area contributed by atoms with E-state index in [1.54, 1.807) is 30.3 Å². The van der Waals surface area contributed by atoms with Crippen molar-refractivity contribution in [2.24, 2.45) is 0 Å². The number of rotatable bonds is 7. The predicted molar refractivity (Wildman–Crippen MR) is 106 cm³/mol. The van der Waals surface area contributed by atoms with Crippen LogP contribution >= 0.6 is 0 Å². The lowest BCUT2D eigenvalue weighted by Crippen LogP contribution is -2.24. The Bertz CT molecular complexity index is 1010. The van der Waals surface area contributed by atoms with E-state index in [-0.39, 0.29) is 17.8 Å². The molecule has 7 heteroatoms. The van der Waals surface area contributed by atoms with Crippen LogP contribution in [0.1, 0.15) is 22.0 Å². The Kier molecular flexibility index (Phi) is 6.31. The molecule has 0 aromatic heterocycles. The fourth-order valence-corrected chi connectivity index (χ4v) is 2.71. The van der Waals surface area contributed by atoms with Crippen molar-refractivity contribution >= 4 is 23.1 Å². The topological polar surface area (TPSA) is 78.4 Å². The van der Waals surface area contributed by atoms with Crippen molar-refractivity contribution < 1.29 is 23.5 Å². The summed E-state index contributed by atoms with van der Waals surface area (Å²) in [5.74, 6) is -2.30. The molecule has 29 heavy (non-hydrogen) atoms. The number of anilines is 2. The van der Waals surface area contributed by atoms with Gasteiger partial charge in [0, 0.05) is 11.3 Å². The third-order valence-electron chi connectivity index (χ3n) is 4.18. The van der Waals surface area contributed by atoms with Crippen molar-refractivity contribution in [1.29, 1.82) is 0 Å². The van der Waals surface area contributed by atoms with Gasteiger partial charge in [0.15, 0.2) is 5.78 Å². The smallest absolute Gasteiger partial charge is 0.243 e. The van der Waals surface area contributed by atoms with Gasteiger partial charge in [-0.2, -0.15) is 0 Å². The fourth-order valence-electron chi connectivity index (χ4n) is 2.71. The Morgan fingerprint density at radius 1 is 0.897 bits per heavy atom. The quantitative estimate of drug-likeness (QED) is 0.529. The molecule has 3 N–H and O–H groups in total. The molecule has 0 aliphatic heterocycles. The molecule has 3 aromatic carbocycles. The Morgan fingerprint density at radius 3 is 2.24 bits per heavy atom. The van der Waals surface area contributed by atoms with Crippen molar-refractivity contribution in [3.8, 4) is 0 Å². The second-order valence-electron chi connectivity index (χ2n) is 6.28. The number of amides is 1. The molecule has 1 unspecified atom stereocenters. The lowest BCUT2D eigenvalue weighted by Gasteiger charge is -2.15. The maximum absolute atomic E-state index is 13.7. The zero-order valence-corrected chi connectivity index (χ0v) is 15.2. The summed E-state index contributed by atoms with van der Waals surface area (Å²) in [5, 5.41) is 15.7. The highest BCUT2D eigenvalue weighted by molar-refractivity contribution is 6.07. The van der Waals surface area contributed by atoms with Crippen LogP contribution in [0.2, 0.25) is 0 Å². The van der Waals surface area contributed by atoms with Crippen LogP contribution in [0.25, 0.3) is 0 Å². The van der Waals surface area contributed by atoms with E-state index in [4.69, 9.17) is 0 Å². The first-order chi connectivity index (χ1) is 13.9. The molecule has 0 aliphatic rings. The van der Waals surface area contributed by atoms with Crippen LogP contribution < -0.4 is 10.6 Å². The van der Waals surface area contributed by atoms with Crippen LogP contribution in [0.3, 0.4) is 0 Å². The van der Waals surface area contributed by atoms with Crippen LogP contribution in [0.5, 0.6) is 0 Å². The molecular weight excluding hydrogens is 378 g/mol. The Balaban J connectivity index is 1.73. The summed E-state index contributed by atoms with van der Waals surface area (Å²) in [6.07, 6.45) is -1.49. The maximum Gasteiger partial charge on any atom is 0.243 e. The standard InChI is InChI=1S/C22H18F2N2O3/c23-15-6-9-17(10-7-15)25-13-20(27)26-19-11-8-16(24)12-18(19)22(29)21(28)14-4-2-1-3-5-14/h1-12,21,25,28H,13H2,(H,26,27). The highest BCUT2D eigenvalue weighted by Gasteiger charge is 2.23. The number of aliphatic hydroxyl groups excluding tert-OH is 1. The number of halogens is 2. The van der Waals surface area contributed by atoms with Gasteiger partial charge in [-0.3, -0.25) is 9.59 Å². The third-order valence-corrected chi connectivity index (χ3v) is 4.18. The molecular formula is C22H18F2N2O3. The molecule has 148 valence electrons. The summed E-state index contributed by atoms with van der Waals surface area (Å²) >= 11 is 0. The summed E-state index contributed by atoms with van der Waals surface area (Å²) in [4.78, 5) is 24.9. The minimum atomic E-state index is -1.49. The van der Waals surface area contributed by atoms with Gasteiger partial charge in [0.05, 0.1) is 12.2 Å². The largest absolute Gasteiger partial charge is 0.380 e. The van der Waals surface area contributed by atoms with Crippen LogP contribution in [0, 0.1) is 11.6 Å². The van der Waals surface area contributed by atoms with E-state index in [1.807, 2.05) is 0 Å². The number of carbonyl (C=O) groups excluding carboxylic acids is 2. The number of benzene rings is 3. The van der Waals surface area contributed by atoms with E-state index < -0.39 is 29.4 Å². The van der Waals surface area contributed by atoms with Crippen LogP contribution in [-0.2, 0) is 4.79 Å². The third kappa shape index (κ3) is 5.24. The summed E-state index contributed by atoms with van der Waals surface area (Å²) < 4.78 is 26.6. The predicted octanol–water partition coefficient (Wildman–Crippen LogP) is 3.93. The number of ketones is 1. The van der Waals surface area contributed by atoms with Gasteiger partial charge in [0.25, 0.3) is 0 Å². The first-order valence-corrected chi connectivity index (χ1v) is 8.80. The summed E-state index contributed by atoms with van der Waals surface area (Å²) in [6, 6.07) is 17.0. The molecule has 0 saturated heterocycles. The van der Waals surface area contributed by atoms with Crippen LogP contribution in [-0.4, -0.2) is 23.3 Å². The fraction of sp³-hybridized carbons (Fsp3) is 0.0909. The van der Waals surface area contributed by atoms with E-state index >= 15 is 0 Å². The van der Waals surface area contributed by atoms with Crippen molar-refractivity contribution in [3.63, 3.8) is 0 Å². The molecule has 0 bridgehead atoms. The average molecular weight is 396 g/mol. The minimum Gasteiger partial charge on any atom is -0.380 e. The first-order valence-electron chi connectivity index (χ1n) is 8.80. The van der Waals surface area contributed by atoms with Crippen LogP contribution in [0.4, 0.5) is 20.2 Å². The Morgan fingerprint density at radius 2 is 1.55 bits per heavy atom. The summed E-state index contributed by atoms with van der Waals surface area (Å²) in [5.41, 5.74) is 0.835. The Hall–Kier alpha value is -3.58. The molecule has 1 amide bonds. The molecule has 0 aliphatic carbocycles. The van der Waals surface area contributed by atoms with Gasteiger partial charge in [0.2, 0.25) is 5.91 Å². The molecule has 0 fully saturated rings. The number of nitrogens with one attached hydrogen (secondary N) is 2. The first kappa shape index (κ1) is 20.2. The summed E-state index contributed by atoms with van der Waals surface area (Å²) in [6.45, 7) is -0.155. The molecule has 0 radical (unpaired) electrons. The number of hydrogen-bond donors (Lipinski definition) is 3. The molecule has 5 nitrogen and oxygen atoms in total. The van der Waals surface area contributed by atoms with Gasteiger partial charge in [-0.05, 0) is 48.0 Å². The SMILES string of the molecule is O=C(CNc1ccc(F)cc1)Nc1ccc(F)cc1C(=O)C(O)c1ccccc1. The molecule has 1 atom stereocenters. The molecule has 3 rings (SSSR count). The minimum absolute atomic E-state index is 0.0808. The lowest BCUT2D eigenvalue weighted by atomic mass is 9.98. The van der Waals surface area contributed by atoms with Gasteiger partial charge in [0.1, 0.15) is 17.7 Å². The Labute approximate surface area is 166 Å². The number of carbonyl (C=O) groups is 2. The second-order valence-corrected chi connectivity index (χ2v) is 6.28. The van der Waals surface area contributed by atoms with Crippen molar-refractivity contribution in [2.45, 2.75) is 6.10 Å². The normalized spacial score (nSPS) is 11.6. The highest BCUT2D eigenvalue weighted by Crippen LogP contribution is 2.24. The molecule has 0 spiro atoms. The van der Waals surface area contributed by atoms with E-state index in [1.165, 1.54) is 30.3 Å². The molecule has 3 aromatic rings. The zero-order valence-electron chi connectivity index (χ0n) is 15.2. The van der Waals surface area contributed by atoms with Gasteiger partial charge in [-0.15, -0.1) is 0 Å². The van der Waals surface area contributed by atoms with E-state index in [0.29, 0.717) is 11.3 Å². The number of Topliss-reactive ketones (excluding diaryl/α,β-unsaturated/α-hetero) is 1. The lowest BCUT2D eigenvalue weighted by molar-refractivity contribution is -0.114. The van der Waals surface area contributed by atoms with Crippen molar-refractivity contribution in [3.05, 3.63) is 95.6 Å². The molecule has 0 saturated carbocycles. The van der Waals surface area contributed by atoms with Crippen molar-refractivity contribution in [1.82, 2.24) is 0 Å². The van der Waals surface area contributed by atoms with Gasteiger partial charge < -0.3 is 15.7 Å². The second kappa shape index (κ2) is 9.07. The monoisotopic (exact) mass is 396 g/mol. The van der Waals surface area contributed by atoms with Gasteiger partial charge in [-0.25, -0.2) is 8.78 Å². The van der Waals surface area contributed by atoms with E-state index in [9.17, 15) is 23.5 Å².